The molecule has 0 radical (unpaired) electrons. The van der Waals surface area contributed by atoms with Gasteiger partial charge in [-0.1, -0.05) is 0 Å². The molecule has 0 aliphatic carbocycles. The van der Waals surface area contributed by atoms with Gasteiger partial charge in [0.15, 0.2) is 5.67 Å². The molecule has 3 rings (SSSR count). The van der Waals surface area contributed by atoms with E-state index in [-0.39, 0.29) is 41.0 Å². The first-order valence-electron chi connectivity index (χ1n) is 7.90. The SMILES string of the molecule is CC(F)(CF)c1nc2c(C(=O)NC3CCC(=O)NC3=O)cc(N)cc2[nH]1. The van der Waals surface area contributed by atoms with Crippen LogP contribution in [0.15, 0.2) is 12.1 Å². The first-order valence-corrected chi connectivity index (χ1v) is 7.90. The minimum absolute atomic E-state index is 0.0156. The molecule has 0 spiro atoms. The lowest BCUT2D eigenvalue weighted by Gasteiger charge is -2.21. The van der Waals surface area contributed by atoms with E-state index in [1.165, 1.54) is 12.1 Å². The number of aromatic amines is 1. The van der Waals surface area contributed by atoms with Crippen LogP contribution in [0.5, 0.6) is 0 Å². The molecule has 0 bridgehead atoms. The second-order valence-corrected chi connectivity index (χ2v) is 6.36. The maximum atomic E-state index is 14.2. The summed E-state index contributed by atoms with van der Waals surface area (Å²) >= 11 is 0. The highest BCUT2D eigenvalue weighted by molar-refractivity contribution is 6.09. The molecular formula is C16H17F2N5O3. The van der Waals surface area contributed by atoms with Gasteiger partial charge in [-0.2, -0.15) is 0 Å². The van der Waals surface area contributed by atoms with Gasteiger partial charge in [-0.05, 0) is 25.5 Å². The van der Waals surface area contributed by atoms with Gasteiger partial charge in [0.25, 0.3) is 5.91 Å². The van der Waals surface area contributed by atoms with Crippen LogP contribution in [0.2, 0.25) is 0 Å². The fourth-order valence-electron chi connectivity index (χ4n) is 2.69. The zero-order valence-corrected chi connectivity index (χ0v) is 13.9. The minimum atomic E-state index is -2.34. The quantitative estimate of drug-likeness (QED) is 0.471. The minimum Gasteiger partial charge on any atom is -0.399 e. The van der Waals surface area contributed by atoms with Crippen molar-refractivity contribution < 1.29 is 23.2 Å². The van der Waals surface area contributed by atoms with Crippen molar-refractivity contribution >= 4 is 34.4 Å². The Morgan fingerprint density at radius 1 is 1.46 bits per heavy atom. The second-order valence-electron chi connectivity index (χ2n) is 6.36. The molecule has 8 nitrogen and oxygen atoms in total. The Morgan fingerprint density at radius 3 is 2.85 bits per heavy atom. The highest BCUT2D eigenvalue weighted by Gasteiger charge is 2.32. The monoisotopic (exact) mass is 365 g/mol. The number of alkyl halides is 2. The van der Waals surface area contributed by atoms with Gasteiger partial charge in [-0.3, -0.25) is 19.7 Å². The molecule has 3 amide bonds. The third kappa shape index (κ3) is 3.22. The number of piperidine rings is 1. The van der Waals surface area contributed by atoms with Crippen molar-refractivity contribution in [2.45, 2.75) is 31.5 Å². The van der Waals surface area contributed by atoms with Crippen molar-refractivity contribution in [3.8, 4) is 0 Å². The van der Waals surface area contributed by atoms with E-state index in [0.717, 1.165) is 6.92 Å². The number of hydrogen-bond donors (Lipinski definition) is 4. The van der Waals surface area contributed by atoms with Crippen LogP contribution in [0.1, 0.15) is 35.9 Å². The summed E-state index contributed by atoms with van der Waals surface area (Å²) in [6.45, 7) is -0.267. The smallest absolute Gasteiger partial charge is 0.254 e. The number of carbonyl (C=O) groups excluding carboxylic acids is 3. The fourth-order valence-corrected chi connectivity index (χ4v) is 2.69. The van der Waals surface area contributed by atoms with Gasteiger partial charge in [-0.15, -0.1) is 0 Å². The molecule has 2 unspecified atom stereocenters. The number of imide groups is 1. The van der Waals surface area contributed by atoms with E-state index in [4.69, 9.17) is 5.73 Å². The van der Waals surface area contributed by atoms with Crippen LogP contribution in [0.4, 0.5) is 14.5 Å². The second kappa shape index (κ2) is 6.36. The first-order chi connectivity index (χ1) is 12.2. The summed E-state index contributed by atoms with van der Waals surface area (Å²) < 4.78 is 27.1. The molecule has 1 aliphatic heterocycles. The van der Waals surface area contributed by atoms with E-state index in [0.29, 0.717) is 0 Å². The zero-order chi connectivity index (χ0) is 19.1. The van der Waals surface area contributed by atoms with Gasteiger partial charge in [0.1, 0.15) is 24.1 Å². The number of carbonyl (C=O) groups is 3. The lowest BCUT2D eigenvalue weighted by Crippen LogP contribution is -2.52. The van der Waals surface area contributed by atoms with E-state index >= 15 is 0 Å². The average Bonchev–Trinajstić information content (AvgIpc) is 3.01. The number of hydrogen-bond acceptors (Lipinski definition) is 5. The predicted molar refractivity (Wildman–Crippen MR) is 88.6 cm³/mol. The average molecular weight is 365 g/mol. The summed E-state index contributed by atoms with van der Waals surface area (Å²) in [5.74, 6) is -1.94. The standard InChI is InChI=1S/C16H17F2N5O3/c1-16(18,6-17)15-21-10-5-7(19)4-8(12(10)23-15)13(25)20-9-2-3-11(24)22-14(9)26/h4-5,9H,2-3,6,19H2,1H3,(H,20,25)(H,21,23)(H,22,24,26). The van der Waals surface area contributed by atoms with E-state index in [9.17, 15) is 23.2 Å². The molecule has 1 aromatic heterocycles. The molecule has 2 aromatic rings. The third-order valence-electron chi connectivity index (χ3n) is 4.14. The summed E-state index contributed by atoms with van der Waals surface area (Å²) in [5.41, 5.74) is 4.03. The Bertz CT molecular complexity index is 909. The summed E-state index contributed by atoms with van der Waals surface area (Å²) in [6, 6.07) is 1.90. The zero-order valence-electron chi connectivity index (χ0n) is 13.9. The summed E-state index contributed by atoms with van der Waals surface area (Å²) in [4.78, 5) is 42.2. The number of halogens is 2. The number of amides is 3. The third-order valence-corrected chi connectivity index (χ3v) is 4.14. The highest BCUT2D eigenvalue weighted by Crippen LogP contribution is 2.28. The number of anilines is 1. The van der Waals surface area contributed by atoms with Gasteiger partial charge in [0.2, 0.25) is 11.8 Å². The van der Waals surface area contributed by atoms with Gasteiger partial charge in [0.05, 0.1) is 11.1 Å². The van der Waals surface area contributed by atoms with Crippen LogP contribution >= 0.6 is 0 Å². The first kappa shape index (κ1) is 17.8. The number of nitrogen functional groups attached to an aromatic ring is 1. The molecule has 1 aliphatic rings. The number of H-pyrrole nitrogens is 1. The topological polar surface area (TPSA) is 130 Å². The molecule has 2 heterocycles. The van der Waals surface area contributed by atoms with E-state index < -0.39 is 36.1 Å². The molecule has 10 heteroatoms. The normalized spacial score (nSPS) is 19.9. The molecule has 1 aromatic carbocycles. The number of rotatable bonds is 4. The van der Waals surface area contributed by atoms with Crippen LogP contribution in [-0.4, -0.2) is 40.4 Å². The Morgan fingerprint density at radius 2 is 2.19 bits per heavy atom. The lowest BCUT2D eigenvalue weighted by molar-refractivity contribution is -0.134. The number of aromatic nitrogens is 2. The van der Waals surface area contributed by atoms with E-state index in [2.05, 4.69) is 20.6 Å². The van der Waals surface area contributed by atoms with Crippen molar-refractivity contribution in [3.05, 3.63) is 23.5 Å². The fraction of sp³-hybridized carbons (Fsp3) is 0.375. The van der Waals surface area contributed by atoms with Crippen LogP contribution in [0.3, 0.4) is 0 Å². The number of imidazole rings is 1. The van der Waals surface area contributed by atoms with Crippen LogP contribution in [0.25, 0.3) is 11.0 Å². The maximum absolute atomic E-state index is 14.2. The Hall–Kier alpha value is -3.04. The van der Waals surface area contributed by atoms with Crippen molar-refractivity contribution in [1.82, 2.24) is 20.6 Å². The summed E-state index contributed by atoms with van der Waals surface area (Å²) in [6.07, 6.45) is 0.268. The summed E-state index contributed by atoms with van der Waals surface area (Å²) in [5, 5.41) is 4.64. The largest absolute Gasteiger partial charge is 0.399 e. The van der Waals surface area contributed by atoms with Gasteiger partial charge < -0.3 is 16.0 Å². The number of nitrogens with two attached hydrogens (primary N) is 1. The number of nitrogens with zero attached hydrogens (tertiary/aromatic N) is 1. The molecule has 138 valence electrons. The number of nitrogens with one attached hydrogen (secondary N) is 3. The van der Waals surface area contributed by atoms with Crippen molar-refractivity contribution in [2.75, 3.05) is 12.4 Å². The predicted octanol–water partition coefficient (Wildman–Crippen LogP) is 0.834. The van der Waals surface area contributed by atoms with E-state index in [1.54, 1.807) is 0 Å². The molecular weight excluding hydrogens is 348 g/mol. The lowest BCUT2D eigenvalue weighted by atomic mass is 10.0. The Balaban J connectivity index is 1.95. The molecule has 0 saturated carbocycles. The van der Waals surface area contributed by atoms with E-state index in [1.807, 2.05) is 0 Å². The van der Waals surface area contributed by atoms with Crippen LogP contribution in [0, 0.1) is 0 Å². The molecule has 5 N–H and O–H groups in total. The van der Waals surface area contributed by atoms with Crippen molar-refractivity contribution in [3.63, 3.8) is 0 Å². The Kier molecular flexibility index (Phi) is 4.34. The number of benzene rings is 1. The maximum Gasteiger partial charge on any atom is 0.254 e. The highest BCUT2D eigenvalue weighted by atomic mass is 19.2. The number of fused-ring (bicyclic) bond motifs is 1. The van der Waals surface area contributed by atoms with Crippen LogP contribution in [-0.2, 0) is 15.3 Å². The van der Waals surface area contributed by atoms with Crippen LogP contribution < -0.4 is 16.4 Å². The van der Waals surface area contributed by atoms with Crippen molar-refractivity contribution in [2.24, 2.45) is 0 Å². The molecule has 1 fully saturated rings. The van der Waals surface area contributed by atoms with Gasteiger partial charge >= 0.3 is 0 Å². The molecule has 2 atom stereocenters. The Labute approximate surface area is 146 Å². The summed E-state index contributed by atoms with van der Waals surface area (Å²) in [7, 11) is 0. The van der Waals surface area contributed by atoms with Crippen molar-refractivity contribution in [1.29, 1.82) is 0 Å². The van der Waals surface area contributed by atoms with Gasteiger partial charge in [0, 0.05) is 12.1 Å². The molecule has 1 saturated heterocycles. The molecule has 26 heavy (non-hydrogen) atoms. The van der Waals surface area contributed by atoms with Gasteiger partial charge in [-0.25, -0.2) is 13.8 Å².